The number of nitrogens with zero attached hydrogens (tertiary/aromatic N) is 1. The first-order valence-corrected chi connectivity index (χ1v) is 10.1. The number of benzene rings is 1. The lowest BCUT2D eigenvalue weighted by Crippen LogP contribution is -2.47. The topological polar surface area (TPSA) is 75.7 Å². The van der Waals surface area contributed by atoms with Crippen molar-refractivity contribution < 1.29 is 17.9 Å². The number of hydrogen-bond donors (Lipinski definition) is 1. The SMILES string of the molecule is CC(C)(C)OC(=O)NC1CCN(S(=O)(=O)c2ccc(Br)cc2)CC1. The first-order chi connectivity index (χ1) is 11.1. The fourth-order valence-electron chi connectivity index (χ4n) is 2.47. The lowest BCUT2D eigenvalue weighted by atomic mass is 10.1. The van der Waals surface area contributed by atoms with Gasteiger partial charge >= 0.3 is 6.09 Å². The second-order valence-corrected chi connectivity index (χ2v) is 9.63. The molecule has 1 amide bonds. The molecule has 1 aromatic carbocycles. The molecular weight excluding hydrogens is 396 g/mol. The van der Waals surface area contributed by atoms with E-state index in [0.29, 0.717) is 25.9 Å². The highest BCUT2D eigenvalue weighted by Gasteiger charge is 2.30. The number of carbonyl (C=O) groups is 1. The molecule has 0 aliphatic carbocycles. The van der Waals surface area contributed by atoms with Gasteiger partial charge in [-0.1, -0.05) is 15.9 Å². The van der Waals surface area contributed by atoms with Crippen LogP contribution in [0, 0.1) is 0 Å². The smallest absolute Gasteiger partial charge is 0.407 e. The van der Waals surface area contributed by atoms with E-state index < -0.39 is 21.7 Å². The van der Waals surface area contributed by atoms with Gasteiger partial charge in [0.15, 0.2) is 0 Å². The molecule has 0 saturated carbocycles. The van der Waals surface area contributed by atoms with Gasteiger partial charge in [0.1, 0.15) is 5.60 Å². The van der Waals surface area contributed by atoms with Crippen molar-refractivity contribution in [1.29, 1.82) is 0 Å². The maximum Gasteiger partial charge on any atom is 0.407 e. The Morgan fingerprint density at radius 3 is 2.25 bits per heavy atom. The Kier molecular flexibility index (Phi) is 5.93. The second kappa shape index (κ2) is 7.41. The molecule has 1 N–H and O–H groups in total. The van der Waals surface area contributed by atoms with Crippen molar-refractivity contribution in [2.45, 2.75) is 50.2 Å². The van der Waals surface area contributed by atoms with Gasteiger partial charge in [0.2, 0.25) is 10.0 Å². The predicted octanol–water partition coefficient (Wildman–Crippen LogP) is 3.13. The highest BCUT2D eigenvalue weighted by molar-refractivity contribution is 9.10. The van der Waals surface area contributed by atoms with Gasteiger partial charge in [-0.05, 0) is 57.9 Å². The summed E-state index contributed by atoms with van der Waals surface area (Å²) in [7, 11) is -3.49. The lowest BCUT2D eigenvalue weighted by molar-refractivity contribution is 0.0489. The summed E-state index contributed by atoms with van der Waals surface area (Å²) < 4.78 is 32.8. The summed E-state index contributed by atoms with van der Waals surface area (Å²) in [6.07, 6.45) is 0.668. The molecule has 0 aromatic heterocycles. The van der Waals surface area contributed by atoms with Crippen LogP contribution < -0.4 is 5.32 Å². The molecule has 8 heteroatoms. The molecule has 24 heavy (non-hydrogen) atoms. The van der Waals surface area contributed by atoms with Gasteiger partial charge < -0.3 is 10.1 Å². The predicted molar refractivity (Wildman–Crippen MR) is 95.3 cm³/mol. The summed E-state index contributed by atoms with van der Waals surface area (Å²) in [5.74, 6) is 0. The molecule has 1 heterocycles. The minimum absolute atomic E-state index is 0.0729. The Bertz CT molecular complexity index is 675. The molecule has 1 aliphatic heterocycles. The van der Waals surface area contributed by atoms with Gasteiger partial charge in [-0.3, -0.25) is 0 Å². The fourth-order valence-corrected chi connectivity index (χ4v) is 4.20. The first kappa shape index (κ1) is 19.2. The monoisotopic (exact) mass is 418 g/mol. The van der Waals surface area contributed by atoms with Gasteiger partial charge in [-0.25, -0.2) is 13.2 Å². The van der Waals surface area contributed by atoms with E-state index in [1.807, 2.05) is 0 Å². The van der Waals surface area contributed by atoms with E-state index in [0.717, 1.165) is 4.47 Å². The summed E-state index contributed by atoms with van der Waals surface area (Å²) in [4.78, 5) is 12.1. The van der Waals surface area contributed by atoms with Crippen LogP contribution in [0.4, 0.5) is 4.79 Å². The molecule has 6 nitrogen and oxygen atoms in total. The van der Waals surface area contributed by atoms with E-state index >= 15 is 0 Å². The molecule has 0 bridgehead atoms. The molecule has 0 spiro atoms. The van der Waals surface area contributed by atoms with Gasteiger partial charge in [0.05, 0.1) is 4.90 Å². The van der Waals surface area contributed by atoms with Crippen LogP contribution in [0.3, 0.4) is 0 Å². The Hall–Kier alpha value is -1.12. The fraction of sp³-hybridized carbons (Fsp3) is 0.562. The number of ether oxygens (including phenoxy) is 1. The Morgan fingerprint density at radius 2 is 1.75 bits per heavy atom. The quantitative estimate of drug-likeness (QED) is 0.817. The zero-order valence-corrected chi connectivity index (χ0v) is 16.5. The Morgan fingerprint density at radius 1 is 1.21 bits per heavy atom. The number of alkyl carbamates (subject to hydrolysis) is 1. The van der Waals surface area contributed by atoms with Crippen LogP contribution in [0.5, 0.6) is 0 Å². The van der Waals surface area contributed by atoms with Gasteiger partial charge in [-0.15, -0.1) is 0 Å². The van der Waals surface area contributed by atoms with Crippen LogP contribution in [-0.2, 0) is 14.8 Å². The number of piperidine rings is 1. The molecule has 1 saturated heterocycles. The third kappa shape index (κ3) is 5.19. The van der Waals surface area contributed by atoms with Gasteiger partial charge in [0.25, 0.3) is 0 Å². The van der Waals surface area contributed by atoms with E-state index in [2.05, 4.69) is 21.2 Å². The lowest BCUT2D eigenvalue weighted by Gasteiger charge is -2.32. The zero-order chi connectivity index (χ0) is 18.0. The van der Waals surface area contributed by atoms with Crippen molar-refractivity contribution in [3.05, 3.63) is 28.7 Å². The Balaban J connectivity index is 1.92. The zero-order valence-electron chi connectivity index (χ0n) is 14.1. The number of amides is 1. The third-order valence-corrected chi connectivity index (χ3v) is 6.07. The van der Waals surface area contributed by atoms with Crippen LogP contribution in [0.25, 0.3) is 0 Å². The van der Waals surface area contributed by atoms with Crippen molar-refractivity contribution in [2.75, 3.05) is 13.1 Å². The van der Waals surface area contributed by atoms with Crippen LogP contribution in [0.2, 0.25) is 0 Å². The van der Waals surface area contributed by atoms with E-state index in [4.69, 9.17) is 4.74 Å². The van der Waals surface area contributed by atoms with Crippen LogP contribution in [0.15, 0.2) is 33.6 Å². The number of carbonyl (C=O) groups excluding carboxylic acids is 1. The average molecular weight is 419 g/mol. The van der Waals surface area contributed by atoms with Crippen LogP contribution in [-0.4, -0.2) is 43.5 Å². The van der Waals surface area contributed by atoms with E-state index in [-0.39, 0.29) is 10.9 Å². The number of halogens is 1. The van der Waals surface area contributed by atoms with Crippen molar-refractivity contribution in [3.63, 3.8) is 0 Å². The van der Waals surface area contributed by atoms with E-state index in [1.165, 1.54) is 4.31 Å². The summed E-state index contributed by atoms with van der Waals surface area (Å²) in [5, 5.41) is 2.81. The molecule has 1 aliphatic rings. The standard InChI is InChI=1S/C16H23BrN2O4S/c1-16(2,3)23-15(20)18-13-8-10-19(11-9-13)24(21,22)14-6-4-12(17)5-7-14/h4-7,13H,8-11H2,1-3H3,(H,18,20). The highest BCUT2D eigenvalue weighted by Crippen LogP contribution is 2.22. The van der Waals surface area contributed by atoms with Crippen molar-refractivity contribution in [2.24, 2.45) is 0 Å². The summed E-state index contributed by atoms with van der Waals surface area (Å²) >= 11 is 3.30. The molecule has 0 atom stereocenters. The largest absolute Gasteiger partial charge is 0.444 e. The van der Waals surface area contributed by atoms with Crippen LogP contribution in [0.1, 0.15) is 33.6 Å². The average Bonchev–Trinajstić information content (AvgIpc) is 2.46. The molecule has 1 aromatic rings. The number of sulfonamides is 1. The van der Waals surface area contributed by atoms with Gasteiger partial charge in [0, 0.05) is 23.6 Å². The Labute approximate surface area is 151 Å². The molecule has 1 fully saturated rings. The van der Waals surface area contributed by atoms with Gasteiger partial charge in [-0.2, -0.15) is 4.31 Å². The molecule has 2 rings (SSSR count). The second-order valence-electron chi connectivity index (χ2n) is 6.78. The minimum atomic E-state index is -3.49. The summed E-state index contributed by atoms with van der Waals surface area (Å²) in [6, 6.07) is 6.53. The van der Waals surface area contributed by atoms with Crippen molar-refractivity contribution in [1.82, 2.24) is 9.62 Å². The molecule has 0 unspecified atom stereocenters. The maximum absolute atomic E-state index is 12.6. The van der Waals surface area contributed by atoms with E-state index in [1.54, 1.807) is 45.0 Å². The third-order valence-electron chi connectivity index (χ3n) is 3.63. The number of rotatable bonds is 3. The molecular formula is C16H23BrN2O4S. The summed E-state index contributed by atoms with van der Waals surface area (Å²) in [5.41, 5.74) is -0.546. The maximum atomic E-state index is 12.6. The first-order valence-electron chi connectivity index (χ1n) is 7.83. The van der Waals surface area contributed by atoms with E-state index in [9.17, 15) is 13.2 Å². The number of nitrogens with one attached hydrogen (secondary N) is 1. The van der Waals surface area contributed by atoms with Crippen molar-refractivity contribution in [3.8, 4) is 0 Å². The normalized spacial score (nSPS) is 17.5. The van der Waals surface area contributed by atoms with Crippen LogP contribution >= 0.6 is 15.9 Å². The molecule has 0 radical (unpaired) electrons. The van der Waals surface area contributed by atoms with Crippen molar-refractivity contribution >= 4 is 32.0 Å². The molecule has 134 valence electrons. The highest BCUT2D eigenvalue weighted by atomic mass is 79.9. The number of hydrogen-bond acceptors (Lipinski definition) is 4. The minimum Gasteiger partial charge on any atom is -0.444 e. The summed E-state index contributed by atoms with van der Waals surface area (Å²) in [6.45, 7) is 6.16.